The minimum atomic E-state index is -0.800. The van der Waals surface area contributed by atoms with Crippen molar-refractivity contribution in [2.75, 3.05) is 20.2 Å². The number of rotatable bonds is 8. The van der Waals surface area contributed by atoms with E-state index in [1.807, 2.05) is 52.9 Å². The SMILES string of the molecule is COC(=O)NC(C(=O)N1C[C@@H](O)C[C@H]1c1ncc(-c2ccc(-c3ccc4cc(-c5cnc(C6CCCN6C(=O)OC(C)(C)C)[nH]5)ccc4c3)cc2)[nH]1)C(C)C. The van der Waals surface area contributed by atoms with Crippen molar-refractivity contribution in [2.24, 2.45) is 5.92 Å². The maximum absolute atomic E-state index is 13.6. The number of likely N-dealkylation sites (tertiary alicyclic amines) is 2. The number of aliphatic hydroxyl groups excluding tert-OH is 1. The van der Waals surface area contributed by atoms with E-state index < -0.39 is 29.9 Å². The highest BCUT2D eigenvalue weighted by Crippen LogP contribution is 2.36. The van der Waals surface area contributed by atoms with Crippen LogP contribution < -0.4 is 5.32 Å². The molecule has 2 saturated heterocycles. The Labute approximate surface area is 320 Å². The number of alkyl carbamates (subject to hydrolysis) is 1. The first-order chi connectivity index (χ1) is 26.3. The minimum absolute atomic E-state index is 0.142. The maximum atomic E-state index is 13.6. The van der Waals surface area contributed by atoms with Gasteiger partial charge in [-0.15, -0.1) is 0 Å². The zero-order chi connectivity index (χ0) is 39.0. The number of nitrogens with zero attached hydrogens (tertiary/aromatic N) is 4. The molecular weight excluding hydrogens is 699 g/mol. The lowest BCUT2D eigenvalue weighted by molar-refractivity contribution is -0.135. The van der Waals surface area contributed by atoms with Gasteiger partial charge in [-0.3, -0.25) is 9.69 Å². The molecule has 288 valence electrons. The molecule has 2 aromatic heterocycles. The number of methoxy groups -OCH3 is 1. The molecule has 0 saturated carbocycles. The van der Waals surface area contributed by atoms with Crippen LogP contribution in [0.15, 0.2) is 73.1 Å². The van der Waals surface area contributed by atoms with E-state index >= 15 is 0 Å². The van der Waals surface area contributed by atoms with E-state index in [1.165, 1.54) is 7.11 Å². The van der Waals surface area contributed by atoms with Crippen LogP contribution in [0.5, 0.6) is 0 Å². The summed E-state index contributed by atoms with van der Waals surface area (Å²) in [5.41, 5.74) is 5.23. The molecule has 4 heterocycles. The molecule has 13 nitrogen and oxygen atoms in total. The molecule has 4 atom stereocenters. The lowest BCUT2D eigenvalue weighted by atomic mass is 9.98. The number of H-pyrrole nitrogens is 2. The summed E-state index contributed by atoms with van der Waals surface area (Å²) in [6, 6.07) is 19.5. The molecule has 7 rings (SSSR count). The van der Waals surface area contributed by atoms with Gasteiger partial charge in [-0.05, 0) is 79.1 Å². The first-order valence-corrected chi connectivity index (χ1v) is 18.9. The smallest absolute Gasteiger partial charge is 0.410 e. The molecule has 13 heteroatoms. The van der Waals surface area contributed by atoms with E-state index in [9.17, 15) is 19.5 Å². The van der Waals surface area contributed by atoms with Gasteiger partial charge < -0.3 is 34.8 Å². The Morgan fingerprint density at radius 3 is 2.05 bits per heavy atom. The monoisotopic (exact) mass is 747 g/mol. The van der Waals surface area contributed by atoms with Crippen molar-refractivity contribution in [1.82, 2.24) is 35.1 Å². The quantitative estimate of drug-likeness (QED) is 0.128. The molecular formula is C42H49N7O6. The Bertz CT molecular complexity index is 2190. The first kappa shape index (κ1) is 37.6. The number of hydrogen-bond acceptors (Lipinski definition) is 8. The van der Waals surface area contributed by atoms with Gasteiger partial charge in [0, 0.05) is 25.1 Å². The van der Waals surface area contributed by atoms with Gasteiger partial charge in [0.25, 0.3) is 0 Å². The summed E-state index contributed by atoms with van der Waals surface area (Å²) in [6.45, 7) is 10.1. The van der Waals surface area contributed by atoms with Crippen LogP contribution in [0.25, 0.3) is 44.4 Å². The second-order valence-corrected chi connectivity index (χ2v) is 15.8. The number of benzene rings is 3. The molecule has 0 spiro atoms. The van der Waals surface area contributed by atoms with E-state index in [0.29, 0.717) is 18.8 Å². The van der Waals surface area contributed by atoms with Gasteiger partial charge in [-0.25, -0.2) is 19.6 Å². The van der Waals surface area contributed by atoms with E-state index in [-0.39, 0.29) is 30.5 Å². The van der Waals surface area contributed by atoms with E-state index in [1.54, 1.807) is 16.0 Å². The second kappa shape index (κ2) is 15.2. The van der Waals surface area contributed by atoms with Gasteiger partial charge in [0.15, 0.2) is 0 Å². The number of fused-ring (bicyclic) bond motifs is 1. The van der Waals surface area contributed by atoms with Crippen LogP contribution in [0.1, 0.15) is 77.6 Å². The van der Waals surface area contributed by atoms with Gasteiger partial charge in [0.1, 0.15) is 23.3 Å². The van der Waals surface area contributed by atoms with Gasteiger partial charge in [-0.2, -0.15) is 0 Å². The van der Waals surface area contributed by atoms with Gasteiger partial charge in [0.2, 0.25) is 5.91 Å². The number of carbonyl (C=O) groups excluding carboxylic acids is 3. The summed E-state index contributed by atoms with van der Waals surface area (Å²) in [4.78, 5) is 57.9. The standard InChI is InChI=1S/C42H49N7O6/c1-24(2)36(47-40(52)54-6)39(51)49-23-31(50)20-35(49)38-44-21-32(45-38)26-11-9-25(10-12-26)27-13-14-29-19-30(16-15-28(29)18-27)33-22-43-37(46-33)34-8-7-17-48(34)41(53)55-42(3,4)5/h9-16,18-19,21-22,24,31,34-36,50H,7-8,17,20,23H2,1-6H3,(H,43,46)(H,44,45)(H,47,52)/t31-,34?,35-,36?/m0/s1. The lowest BCUT2D eigenvalue weighted by Gasteiger charge is -2.29. The molecule has 5 aromatic rings. The van der Waals surface area contributed by atoms with Crippen LogP contribution in [0, 0.1) is 5.92 Å². The molecule has 2 unspecified atom stereocenters. The number of aromatic nitrogens is 4. The summed E-state index contributed by atoms with van der Waals surface area (Å²) in [7, 11) is 1.26. The highest BCUT2D eigenvalue weighted by Gasteiger charge is 2.41. The van der Waals surface area contributed by atoms with Crippen LogP contribution in [0.4, 0.5) is 9.59 Å². The van der Waals surface area contributed by atoms with E-state index in [2.05, 4.69) is 73.8 Å². The molecule has 3 amide bonds. The van der Waals surface area contributed by atoms with Crippen LogP contribution in [-0.2, 0) is 14.3 Å². The zero-order valence-corrected chi connectivity index (χ0v) is 32.1. The van der Waals surface area contributed by atoms with Crippen LogP contribution in [0.3, 0.4) is 0 Å². The molecule has 2 aliphatic heterocycles. The van der Waals surface area contributed by atoms with E-state index in [4.69, 9.17) is 9.47 Å². The Kier molecular flexibility index (Phi) is 10.4. The van der Waals surface area contributed by atoms with Crippen LogP contribution in [-0.4, -0.2) is 90.9 Å². The number of β-amino-alcohol motifs (C(OH)–C–C–N with tert-alkyl or cyclic N) is 1. The number of aromatic amines is 2. The summed E-state index contributed by atoms with van der Waals surface area (Å²) in [5, 5.41) is 15.4. The highest BCUT2D eigenvalue weighted by molar-refractivity contribution is 5.91. The molecule has 0 radical (unpaired) electrons. The molecule has 2 aliphatic rings. The fraction of sp³-hybridized carbons (Fsp3) is 0.405. The summed E-state index contributed by atoms with van der Waals surface area (Å²) in [5.74, 6) is 0.863. The highest BCUT2D eigenvalue weighted by atomic mass is 16.6. The van der Waals surface area contributed by atoms with Crippen molar-refractivity contribution in [3.63, 3.8) is 0 Å². The summed E-state index contributed by atoms with van der Waals surface area (Å²) in [6.07, 6.45) is 3.95. The van der Waals surface area contributed by atoms with Gasteiger partial charge in [0.05, 0.1) is 49.1 Å². The third kappa shape index (κ3) is 8.07. The molecule has 0 bridgehead atoms. The Hall–Kier alpha value is -5.69. The van der Waals surface area contributed by atoms with E-state index in [0.717, 1.165) is 63.1 Å². The molecule has 0 aliphatic carbocycles. The summed E-state index contributed by atoms with van der Waals surface area (Å²) < 4.78 is 10.4. The fourth-order valence-corrected chi connectivity index (χ4v) is 7.53. The number of nitrogens with one attached hydrogen (secondary N) is 3. The van der Waals surface area contributed by atoms with Crippen molar-refractivity contribution >= 4 is 28.9 Å². The second-order valence-electron chi connectivity index (χ2n) is 15.8. The van der Waals surface area contributed by atoms with Crippen molar-refractivity contribution < 1.29 is 29.0 Å². The van der Waals surface area contributed by atoms with Crippen molar-refractivity contribution in [3.05, 3.63) is 84.7 Å². The third-order valence-corrected chi connectivity index (χ3v) is 10.3. The molecule has 2 fully saturated rings. The fourth-order valence-electron chi connectivity index (χ4n) is 7.53. The molecule has 55 heavy (non-hydrogen) atoms. The van der Waals surface area contributed by atoms with Gasteiger partial charge >= 0.3 is 12.2 Å². The number of aliphatic hydroxyl groups is 1. The number of amides is 3. The van der Waals surface area contributed by atoms with Crippen LogP contribution in [0.2, 0.25) is 0 Å². The van der Waals surface area contributed by atoms with Crippen molar-refractivity contribution in [2.45, 2.75) is 83.7 Å². The zero-order valence-electron chi connectivity index (χ0n) is 32.1. The van der Waals surface area contributed by atoms with Crippen LogP contribution >= 0.6 is 0 Å². The molecule has 4 N–H and O–H groups in total. The Balaban J connectivity index is 1.04. The van der Waals surface area contributed by atoms with Gasteiger partial charge in [-0.1, -0.05) is 62.4 Å². The largest absolute Gasteiger partial charge is 0.453 e. The number of hydrogen-bond donors (Lipinski definition) is 4. The number of ether oxygens (including phenoxy) is 2. The lowest BCUT2D eigenvalue weighted by Crippen LogP contribution is -2.51. The van der Waals surface area contributed by atoms with Crippen molar-refractivity contribution in [1.29, 1.82) is 0 Å². The predicted octanol–water partition coefficient (Wildman–Crippen LogP) is 7.37. The Morgan fingerprint density at radius 1 is 0.836 bits per heavy atom. The topological polar surface area (TPSA) is 166 Å². The first-order valence-electron chi connectivity index (χ1n) is 18.9. The number of imidazole rings is 2. The molecule has 3 aromatic carbocycles. The minimum Gasteiger partial charge on any atom is -0.453 e. The predicted molar refractivity (Wildman–Crippen MR) is 209 cm³/mol. The average molecular weight is 748 g/mol. The normalized spacial score (nSPS) is 19.2. The summed E-state index contributed by atoms with van der Waals surface area (Å²) >= 11 is 0. The average Bonchev–Trinajstić information content (AvgIpc) is 3.99. The Morgan fingerprint density at radius 2 is 1.42 bits per heavy atom. The van der Waals surface area contributed by atoms with Crippen molar-refractivity contribution in [3.8, 4) is 33.6 Å². The maximum Gasteiger partial charge on any atom is 0.410 e. The third-order valence-electron chi connectivity index (χ3n) is 10.3. The number of carbonyl (C=O) groups is 3.